The molecular weight excluding hydrogens is 387 g/mol. The zero-order chi connectivity index (χ0) is 18.6. The van der Waals surface area contributed by atoms with Gasteiger partial charge in [0.15, 0.2) is 0 Å². The van der Waals surface area contributed by atoms with Gasteiger partial charge in [0, 0.05) is 35.0 Å². The number of amides is 1. The highest BCUT2D eigenvalue weighted by atomic mass is 35.5. The van der Waals surface area contributed by atoms with E-state index in [2.05, 4.69) is 15.3 Å². The van der Waals surface area contributed by atoms with E-state index < -0.39 is 0 Å². The molecular formula is C19H18Cl2N4O2. The van der Waals surface area contributed by atoms with E-state index >= 15 is 0 Å². The van der Waals surface area contributed by atoms with Crippen LogP contribution in [0.25, 0.3) is 0 Å². The number of hydrogen-bond donors (Lipinski definition) is 1. The molecule has 0 radical (unpaired) electrons. The van der Waals surface area contributed by atoms with Crippen molar-refractivity contribution >= 4 is 35.1 Å². The molecule has 0 bridgehead atoms. The molecule has 3 heterocycles. The lowest BCUT2D eigenvalue weighted by Gasteiger charge is -2.57. The summed E-state index contributed by atoms with van der Waals surface area (Å²) in [6.45, 7) is 2.04. The lowest BCUT2D eigenvalue weighted by Crippen LogP contribution is -2.72. The molecule has 140 valence electrons. The maximum atomic E-state index is 12.7. The van der Waals surface area contributed by atoms with Crippen LogP contribution in [0.15, 0.2) is 24.5 Å². The van der Waals surface area contributed by atoms with Crippen molar-refractivity contribution in [1.82, 2.24) is 14.9 Å². The van der Waals surface area contributed by atoms with E-state index in [1.807, 2.05) is 11.0 Å². The number of nitrogens with zero attached hydrogens (tertiary/aromatic N) is 3. The molecule has 2 saturated heterocycles. The van der Waals surface area contributed by atoms with Gasteiger partial charge in [0.05, 0.1) is 24.3 Å². The zero-order valence-electron chi connectivity index (χ0n) is 14.5. The van der Waals surface area contributed by atoms with Gasteiger partial charge >= 0.3 is 0 Å². The first kappa shape index (κ1) is 17.2. The minimum absolute atomic E-state index is 0.0224. The summed E-state index contributed by atoms with van der Waals surface area (Å²) in [4.78, 5) is 23.2. The molecule has 2 fully saturated rings. The summed E-state index contributed by atoms with van der Waals surface area (Å²) in [5.41, 5.74) is 2.71. The molecule has 1 amide bonds. The maximum Gasteiger partial charge on any atom is 0.257 e. The molecule has 2 aromatic rings. The Balaban J connectivity index is 1.25. The molecule has 1 aromatic heterocycles. The number of carbonyl (C=O) groups excluding carboxylic acids is 1. The van der Waals surface area contributed by atoms with Crippen molar-refractivity contribution in [2.45, 2.75) is 30.8 Å². The van der Waals surface area contributed by atoms with Crippen molar-refractivity contribution < 1.29 is 9.53 Å². The summed E-state index contributed by atoms with van der Waals surface area (Å²) in [6.07, 6.45) is 5.81. The molecule has 1 N–H and O–H groups in total. The van der Waals surface area contributed by atoms with Gasteiger partial charge < -0.3 is 15.0 Å². The van der Waals surface area contributed by atoms with Crippen LogP contribution in [0.3, 0.4) is 0 Å². The molecule has 1 unspecified atom stereocenters. The van der Waals surface area contributed by atoms with E-state index in [-0.39, 0.29) is 17.5 Å². The summed E-state index contributed by atoms with van der Waals surface area (Å²) in [5, 5.41) is 4.68. The summed E-state index contributed by atoms with van der Waals surface area (Å²) < 4.78 is 5.28. The van der Waals surface area contributed by atoms with Gasteiger partial charge in [-0.15, -0.1) is 0 Å². The fourth-order valence-corrected chi connectivity index (χ4v) is 4.71. The Kier molecular flexibility index (Phi) is 4.04. The SMILES string of the molecule is O=C(c1cnc(NC2Cc3cc(Cl)cc(Cl)c3C2)nc1)N1CCC12COC2. The normalized spacial score (nSPS) is 22.1. The highest BCUT2D eigenvalue weighted by molar-refractivity contribution is 6.35. The van der Waals surface area contributed by atoms with Crippen molar-refractivity contribution in [3.63, 3.8) is 0 Å². The quantitative estimate of drug-likeness (QED) is 0.851. The molecule has 27 heavy (non-hydrogen) atoms. The molecule has 1 aliphatic carbocycles. The minimum Gasteiger partial charge on any atom is -0.376 e. The number of aromatic nitrogens is 2. The lowest BCUT2D eigenvalue weighted by molar-refractivity contribution is -0.172. The van der Waals surface area contributed by atoms with E-state index in [9.17, 15) is 4.79 Å². The van der Waals surface area contributed by atoms with Crippen LogP contribution in [0.1, 0.15) is 27.9 Å². The Hall–Kier alpha value is -1.89. The molecule has 2 aliphatic heterocycles. The van der Waals surface area contributed by atoms with E-state index in [1.165, 1.54) is 0 Å². The topological polar surface area (TPSA) is 67.4 Å². The van der Waals surface area contributed by atoms with Crippen LogP contribution >= 0.6 is 23.2 Å². The van der Waals surface area contributed by atoms with Crippen LogP contribution in [0, 0.1) is 0 Å². The van der Waals surface area contributed by atoms with E-state index in [0.717, 1.165) is 36.9 Å². The summed E-state index contributed by atoms with van der Waals surface area (Å²) in [5.74, 6) is 0.489. The predicted molar refractivity (Wildman–Crippen MR) is 103 cm³/mol. The summed E-state index contributed by atoms with van der Waals surface area (Å²) in [6, 6.07) is 3.89. The second kappa shape index (κ2) is 6.33. The third-order valence-electron chi connectivity index (χ3n) is 5.76. The number of ether oxygens (including phenoxy) is 1. The highest BCUT2D eigenvalue weighted by Gasteiger charge is 2.53. The Morgan fingerprint density at radius 1 is 1.22 bits per heavy atom. The number of halogens is 2. The predicted octanol–water partition coefficient (Wildman–Crippen LogP) is 2.98. The highest BCUT2D eigenvalue weighted by Crippen LogP contribution is 2.38. The van der Waals surface area contributed by atoms with Crippen molar-refractivity contribution in [2.24, 2.45) is 0 Å². The number of hydrogen-bond acceptors (Lipinski definition) is 5. The average Bonchev–Trinajstić information content (AvgIpc) is 2.96. The maximum absolute atomic E-state index is 12.7. The lowest BCUT2D eigenvalue weighted by atomic mass is 9.82. The Morgan fingerprint density at radius 2 is 2.00 bits per heavy atom. The third kappa shape index (κ3) is 2.87. The number of benzene rings is 1. The van der Waals surface area contributed by atoms with Gasteiger partial charge in [-0.25, -0.2) is 9.97 Å². The summed E-state index contributed by atoms with van der Waals surface area (Å²) >= 11 is 12.4. The van der Waals surface area contributed by atoms with Crippen LogP contribution in [-0.2, 0) is 17.6 Å². The third-order valence-corrected chi connectivity index (χ3v) is 6.32. The largest absolute Gasteiger partial charge is 0.376 e. The Morgan fingerprint density at radius 3 is 2.63 bits per heavy atom. The second-order valence-electron chi connectivity index (χ2n) is 7.49. The fraction of sp³-hybridized carbons (Fsp3) is 0.421. The van der Waals surface area contributed by atoms with Crippen molar-refractivity contribution in [3.8, 4) is 0 Å². The zero-order valence-corrected chi connectivity index (χ0v) is 16.1. The van der Waals surface area contributed by atoms with Gasteiger partial charge in [0.25, 0.3) is 5.91 Å². The fourth-order valence-electron chi connectivity index (χ4n) is 4.10. The van der Waals surface area contributed by atoms with Crippen molar-refractivity contribution in [2.75, 3.05) is 25.1 Å². The van der Waals surface area contributed by atoms with E-state index in [0.29, 0.717) is 34.8 Å². The number of rotatable bonds is 3. The van der Waals surface area contributed by atoms with Crippen LogP contribution in [0.5, 0.6) is 0 Å². The molecule has 1 atom stereocenters. The van der Waals surface area contributed by atoms with Crippen LogP contribution < -0.4 is 5.32 Å². The van der Waals surface area contributed by atoms with Gasteiger partial charge in [-0.05, 0) is 42.5 Å². The van der Waals surface area contributed by atoms with Gasteiger partial charge in [-0.2, -0.15) is 0 Å². The van der Waals surface area contributed by atoms with Crippen molar-refractivity contribution in [3.05, 3.63) is 51.3 Å². The number of nitrogens with one attached hydrogen (secondary N) is 1. The van der Waals surface area contributed by atoms with Crippen molar-refractivity contribution in [1.29, 1.82) is 0 Å². The van der Waals surface area contributed by atoms with Gasteiger partial charge in [0.1, 0.15) is 0 Å². The smallest absolute Gasteiger partial charge is 0.257 e. The number of likely N-dealkylation sites (tertiary alicyclic amines) is 1. The second-order valence-corrected chi connectivity index (χ2v) is 8.34. The van der Waals surface area contributed by atoms with Gasteiger partial charge in [-0.1, -0.05) is 23.2 Å². The van der Waals surface area contributed by atoms with Crippen LogP contribution in [-0.4, -0.2) is 52.1 Å². The molecule has 1 aromatic carbocycles. The monoisotopic (exact) mass is 404 g/mol. The standard InChI is InChI=1S/C19H18Cl2N4O2/c20-13-3-11-4-14(6-15(11)16(21)5-13)24-18-22-7-12(8-23-18)17(26)25-2-1-19(25)9-27-10-19/h3,5,7-8,14H,1-2,4,6,9-10H2,(H,22,23,24). The van der Waals surface area contributed by atoms with E-state index in [4.69, 9.17) is 27.9 Å². The van der Waals surface area contributed by atoms with E-state index in [1.54, 1.807) is 18.5 Å². The number of carbonyl (C=O) groups is 1. The molecule has 1 spiro atoms. The molecule has 3 aliphatic rings. The first-order valence-corrected chi connectivity index (χ1v) is 9.75. The summed E-state index contributed by atoms with van der Waals surface area (Å²) in [7, 11) is 0. The minimum atomic E-state index is -0.0792. The average molecular weight is 405 g/mol. The van der Waals surface area contributed by atoms with Crippen LogP contribution in [0.4, 0.5) is 5.95 Å². The first-order valence-electron chi connectivity index (χ1n) is 8.99. The van der Waals surface area contributed by atoms with Gasteiger partial charge in [-0.3, -0.25) is 4.79 Å². The molecule has 6 nitrogen and oxygen atoms in total. The molecule has 0 saturated carbocycles. The number of anilines is 1. The number of fused-ring (bicyclic) bond motifs is 1. The molecule has 5 rings (SSSR count). The Labute approximate surface area is 166 Å². The Bertz CT molecular complexity index is 909. The first-order chi connectivity index (χ1) is 13.0. The van der Waals surface area contributed by atoms with Gasteiger partial charge in [0.2, 0.25) is 5.95 Å². The van der Waals surface area contributed by atoms with Crippen LogP contribution in [0.2, 0.25) is 10.0 Å². The molecule has 8 heteroatoms.